The maximum Gasteiger partial charge on any atom is 0.258 e. The predicted octanol–water partition coefficient (Wildman–Crippen LogP) is 5.91. The zero-order valence-corrected chi connectivity index (χ0v) is 23.0. The van der Waals surface area contributed by atoms with Crippen LogP contribution in [0, 0.1) is 5.82 Å². The maximum atomic E-state index is 13.7. The molecule has 1 aromatic heterocycles. The van der Waals surface area contributed by atoms with Gasteiger partial charge in [-0.3, -0.25) is 9.89 Å². The number of carbonyl (C=O) groups excluding carboxylic acids is 1. The van der Waals surface area contributed by atoms with E-state index in [1.165, 1.54) is 12.1 Å². The van der Waals surface area contributed by atoms with Gasteiger partial charge in [0.2, 0.25) is 0 Å². The summed E-state index contributed by atoms with van der Waals surface area (Å²) in [6, 6.07) is 28.6. The molecule has 0 aliphatic carbocycles. The van der Waals surface area contributed by atoms with Gasteiger partial charge in [0.25, 0.3) is 5.91 Å². The Morgan fingerprint density at radius 1 is 0.878 bits per heavy atom. The molecule has 2 heterocycles. The molecule has 0 radical (unpaired) electrons. The topological polar surface area (TPSA) is 76.3 Å². The van der Waals surface area contributed by atoms with Crippen LogP contribution in [0.5, 0.6) is 0 Å². The fourth-order valence-electron chi connectivity index (χ4n) is 5.25. The molecule has 0 saturated carbocycles. The van der Waals surface area contributed by atoms with Crippen LogP contribution in [-0.4, -0.2) is 54.2 Å². The Bertz CT molecular complexity index is 1660. The number of rotatable bonds is 8. The first-order valence-corrected chi connectivity index (χ1v) is 13.9. The molecule has 1 fully saturated rings. The van der Waals surface area contributed by atoms with Gasteiger partial charge in [-0.25, -0.2) is 4.39 Å². The van der Waals surface area contributed by atoms with Crippen LogP contribution in [0.2, 0.25) is 0 Å². The molecule has 8 heteroatoms. The van der Waals surface area contributed by atoms with Gasteiger partial charge in [-0.05, 0) is 72.6 Å². The molecule has 0 unspecified atom stereocenters. The van der Waals surface area contributed by atoms with Crippen LogP contribution in [-0.2, 0) is 13.0 Å². The van der Waals surface area contributed by atoms with E-state index in [0.717, 1.165) is 65.1 Å². The lowest BCUT2D eigenvalue weighted by molar-refractivity contribution is 0.102. The molecule has 208 valence electrons. The van der Waals surface area contributed by atoms with Gasteiger partial charge >= 0.3 is 0 Å². The maximum absolute atomic E-state index is 13.7. The zero-order chi connectivity index (χ0) is 28.2. The summed E-state index contributed by atoms with van der Waals surface area (Å²) in [7, 11) is 2.14. The third kappa shape index (κ3) is 6.23. The Morgan fingerprint density at radius 3 is 2.46 bits per heavy atom. The van der Waals surface area contributed by atoms with Crippen molar-refractivity contribution in [1.29, 1.82) is 0 Å². The summed E-state index contributed by atoms with van der Waals surface area (Å²) in [6.07, 6.45) is 0.577. The van der Waals surface area contributed by atoms with Crippen molar-refractivity contribution in [2.24, 2.45) is 0 Å². The average molecular weight is 549 g/mol. The first kappa shape index (κ1) is 26.5. The smallest absolute Gasteiger partial charge is 0.258 e. The van der Waals surface area contributed by atoms with E-state index in [9.17, 15) is 9.18 Å². The van der Waals surface area contributed by atoms with E-state index in [1.54, 1.807) is 6.07 Å². The zero-order valence-electron chi connectivity index (χ0n) is 23.0. The lowest BCUT2D eigenvalue weighted by Gasteiger charge is -2.34. The van der Waals surface area contributed by atoms with Crippen molar-refractivity contribution < 1.29 is 9.18 Å². The summed E-state index contributed by atoms with van der Waals surface area (Å²) in [5, 5.41) is 14.7. The number of piperazine rings is 1. The number of anilines is 3. The van der Waals surface area contributed by atoms with Gasteiger partial charge in [0, 0.05) is 49.5 Å². The second-order valence-electron chi connectivity index (χ2n) is 10.6. The van der Waals surface area contributed by atoms with Crippen molar-refractivity contribution >= 4 is 34.0 Å². The SMILES string of the molecule is CN1CCN(c2ccc(C(=O)Nc3n[nH]c4ccc(Cc5cccc(F)c5)cc34)c(NCc3ccccc3)c2)CC1. The molecule has 0 spiro atoms. The van der Waals surface area contributed by atoms with Gasteiger partial charge in [-0.1, -0.05) is 48.5 Å². The van der Waals surface area contributed by atoms with Crippen molar-refractivity contribution in [2.45, 2.75) is 13.0 Å². The number of H-pyrrole nitrogens is 1. The normalized spacial score (nSPS) is 13.9. The molecular weight excluding hydrogens is 515 g/mol. The predicted molar refractivity (Wildman–Crippen MR) is 163 cm³/mol. The van der Waals surface area contributed by atoms with Gasteiger partial charge in [0.15, 0.2) is 5.82 Å². The Kier molecular flexibility index (Phi) is 7.65. The van der Waals surface area contributed by atoms with Gasteiger partial charge < -0.3 is 20.4 Å². The molecule has 0 bridgehead atoms. The number of aromatic nitrogens is 2. The Hall–Kier alpha value is -4.69. The van der Waals surface area contributed by atoms with Crippen LogP contribution >= 0.6 is 0 Å². The third-order valence-electron chi connectivity index (χ3n) is 7.60. The van der Waals surface area contributed by atoms with Crippen molar-refractivity contribution in [2.75, 3.05) is 48.8 Å². The molecule has 5 aromatic rings. The molecule has 41 heavy (non-hydrogen) atoms. The van der Waals surface area contributed by atoms with Gasteiger partial charge in [0.05, 0.1) is 11.1 Å². The molecule has 4 aromatic carbocycles. The monoisotopic (exact) mass is 548 g/mol. The summed E-state index contributed by atoms with van der Waals surface area (Å²) in [5.74, 6) is -0.0344. The molecule has 3 N–H and O–H groups in total. The quantitative estimate of drug-likeness (QED) is 0.225. The molecule has 1 aliphatic heterocycles. The van der Waals surface area contributed by atoms with Gasteiger partial charge in [-0.15, -0.1) is 0 Å². The van der Waals surface area contributed by atoms with E-state index in [4.69, 9.17) is 0 Å². The van der Waals surface area contributed by atoms with Crippen LogP contribution in [0.3, 0.4) is 0 Å². The summed E-state index contributed by atoms with van der Waals surface area (Å²) in [5.41, 5.74) is 6.25. The number of carbonyl (C=O) groups is 1. The van der Waals surface area contributed by atoms with E-state index < -0.39 is 0 Å². The number of benzene rings is 4. The minimum absolute atomic E-state index is 0.241. The van der Waals surface area contributed by atoms with E-state index in [0.29, 0.717) is 24.3 Å². The first-order valence-electron chi connectivity index (χ1n) is 13.9. The minimum atomic E-state index is -0.254. The summed E-state index contributed by atoms with van der Waals surface area (Å²) >= 11 is 0. The highest BCUT2D eigenvalue weighted by atomic mass is 19.1. The highest BCUT2D eigenvalue weighted by Gasteiger charge is 2.19. The second kappa shape index (κ2) is 11.8. The van der Waals surface area contributed by atoms with E-state index >= 15 is 0 Å². The fraction of sp³-hybridized carbons (Fsp3) is 0.212. The molecule has 1 saturated heterocycles. The molecular formula is C33H33FN6O. The van der Waals surface area contributed by atoms with Crippen molar-refractivity contribution in [3.63, 3.8) is 0 Å². The highest BCUT2D eigenvalue weighted by Crippen LogP contribution is 2.28. The van der Waals surface area contributed by atoms with Crippen LogP contribution in [0.15, 0.2) is 91.0 Å². The molecule has 7 nitrogen and oxygen atoms in total. The van der Waals surface area contributed by atoms with Gasteiger partial charge in [-0.2, -0.15) is 5.10 Å². The highest BCUT2D eigenvalue weighted by molar-refractivity contribution is 6.11. The second-order valence-corrected chi connectivity index (χ2v) is 10.6. The molecule has 1 amide bonds. The number of hydrogen-bond donors (Lipinski definition) is 3. The van der Waals surface area contributed by atoms with Crippen LogP contribution in [0.25, 0.3) is 10.9 Å². The van der Waals surface area contributed by atoms with E-state index in [-0.39, 0.29) is 11.7 Å². The van der Waals surface area contributed by atoms with Crippen LogP contribution in [0.1, 0.15) is 27.0 Å². The summed E-state index contributed by atoms with van der Waals surface area (Å²) in [4.78, 5) is 18.3. The largest absolute Gasteiger partial charge is 0.380 e. The molecule has 1 aliphatic rings. The average Bonchev–Trinajstić information content (AvgIpc) is 3.38. The lowest BCUT2D eigenvalue weighted by Crippen LogP contribution is -2.44. The summed E-state index contributed by atoms with van der Waals surface area (Å²) < 4.78 is 13.7. The van der Waals surface area contributed by atoms with Gasteiger partial charge in [0.1, 0.15) is 5.82 Å². The van der Waals surface area contributed by atoms with Crippen molar-refractivity contribution in [3.8, 4) is 0 Å². The van der Waals surface area contributed by atoms with E-state index in [1.807, 2.05) is 54.6 Å². The number of amides is 1. The third-order valence-corrected chi connectivity index (χ3v) is 7.60. The Labute approximate surface area is 239 Å². The van der Waals surface area contributed by atoms with E-state index in [2.05, 4.69) is 55.9 Å². The number of nitrogens with one attached hydrogen (secondary N) is 3. The number of aromatic amines is 1. The van der Waals surface area contributed by atoms with Crippen molar-refractivity contribution in [3.05, 3.63) is 119 Å². The number of likely N-dealkylation sites (N-methyl/N-ethyl adjacent to an activating group) is 1. The lowest BCUT2D eigenvalue weighted by atomic mass is 10.0. The van der Waals surface area contributed by atoms with Crippen LogP contribution in [0.4, 0.5) is 21.6 Å². The number of fused-ring (bicyclic) bond motifs is 1. The Balaban J connectivity index is 1.26. The summed E-state index contributed by atoms with van der Waals surface area (Å²) in [6.45, 7) is 4.49. The fourth-order valence-corrected chi connectivity index (χ4v) is 5.25. The minimum Gasteiger partial charge on any atom is -0.380 e. The standard InChI is InChI=1S/C33H33FN6O/c1-39-14-16-40(17-15-39)27-11-12-28(31(21-27)35-22-23-6-3-2-4-7-23)33(41)36-32-29-20-25(10-13-30(29)37-38-32)18-24-8-5-9-26(34)19-24/h2-13,19-21,35H,14-18,22H2,1H3,(H2,36,37,38,41). The number of nitrogens with zero attached hydrogens (tertiary/aromatic N) is 3. The van der Waals surface area contributed by atoms with Crippen LogP contribution < -0.4 is 15.5 Å². The molecule has 0 atom stereocenters. The molecule has 6 rings (SSSR count). The van der Waals surface area contributed by atoms with Crippen molar-refractivity contribution in [1.82, 2.24) is 15.1 Å². The Morgan fingerprint density at radius 2 is 1.66 bits per heavy atom. The first-order chi connectivity index (χ1) is 20.0. The number of hydrogen-bond acceptors (Lipinski definition) is 5. The number of halogens is 1.